The Kier molecular flexibility index (Phi) is 3.62. The summed E-state index contributed by atoms with van der Waals surface area (Å²) in [7, 11) is 0. The highest BCUT2D eigenvalue weighted by Crippen LogP contribution is 2.42. The number of ether oxygens (including phenoxy) is 1. The van der Waals surface area contributed by atoms with E-state index in [9.17, 15) is 9.90 Å². The molecule has 106 valence electrons. The molecule has 1 atom stereocenters. The summed E-state index contributed by atoms with van der Waals surface area (Å²) in [5, 5.41) is 10.2. The molecule has 2 aromatic rings. The number of fused-ring (bicyclic) bond motifs is 1. The fourth-order valence-corrected chi connectivity index (χ4v) is 2.84. The molecular weight excluding hydrogens is 311 g/mol. The van der Waals surface area contributed by atoms with Crippen molar-refractivity contribution in [2.24, 2.45) is 0 Å². The van der Waals surface area contributed by atoms with E-state index in [-0.39, 0.29) is 5.57 Å². The van der Waals surface area contributed by atoms with E-state index >= 15 is 0 Å². The average Bonchev–Trinajstić information content (AvgIpc) is 2.46. The lowest BCUT2D eigenvalue weighted by molar-refractivity contribution is -0.133. The van der Waals surface area contributed by atoms with E-state index < -0.39 is 12.1 Å². The molecule has 0 radical (unpaired) electrons. The largest absolute Gasteiger partial charge is 0.479 e. The summed E-state index contributed by atoms with van der Waals surface area (Å²) in [6.45, 7) is 0. The SMILES string of the molecule is O=C(O)C1=Cc2cc(Cl)cc(Cl)c2OC1c1ccccc1. The van der Waals surface area contributed by atoms with E-state index in [0.29, 0.717) is 21.4 Å². The van der Waals surface area contributed by atoms with Crippen molar-refractivity contribution in [2.45, 2.75) is 6.10 Å². The van der Waals surface area contributed by atoms with Crippen molar-refractivity contribution in [3.05, 3.63) is 69.2 Å². The van der Waals surface area contributed by atoms with Crippen LogP contribution in [0.1, 0.15) is 17.2 Å². The van der Waals surface area contributed by atoms with Gasteiger partial charge in [0.05, 0.1) is 10.6 Å². The molecule has 0 saturated heterocycles. The van der Waals surface area contributed by atoms with Crippen molar-refractivity contribution in [3.8, 4) is 5.75 Å². The molecule has 1 aliphatic rings. The number of hydrogen-bond donors (Lipinski definition) is 1. The molecule has 3 rings (SSSR count). The van der Waals surface area contributed by atoms with Crippen LogP contribution in [0.15, 0.2) is 48.0 Å². The Morgan fingerprint density at radius 1 is 1.14 bits per heavy atom. The molecule has 21 heavy (non-hydrogen) atoms. The Hall–Kier alpha value is -1.97. The van der Waals surface area contributed by atoms with Crippen LogP contribution in [0.2, 0.25) is 10.0 Å². The Labute approximate surface area is 131 Å². The van der Waals surface area contributed by atoms with Gasteiger partial charge in [-0.25, -0.2) is 4.79 Å². The van der Waals surface area contributed by atoms with Crippen molar-refractivity contribution >= 4 is 35.2 Å². The second kappa shape index (κ2) is 5.43. The minimum Gasteiger partial charge on any atom is -0.479 e. The summed E-state index contributed by atoms with van der Waals surface area (Å²) in [4.78, 5) is 11.5. The zero-order chi connectivity index (χ0) is 15.0. The first-order chi connectivity index (χ1) is 10.1. The third-order valence-corrected chi connectivity index (χ3v) is 3.71. The molecule has 0 saturated carbocycles. The number of benzene rings is 2. The minimum atomic E-state index is -1.04. The van der Waals surface area contributed by atoms with Crippen LogP contribution in [0.4, 0.5) is 0 Å². The normalized spacial score (nSPS) is 16.7. The number of carbonyl (C=O) groups is 1. The van der Waals surface area contributed by atoms with Gasteiger partial charge in [-0.05, 0) is 23.8 Å². The molecule has 1 aliphatic heterocycles. The van der Waals surface area contributed by atoms with E-state index in [2.05, 4.69) is 0 Å². The van der Waals surface area contributed by atoms with Crippen LogP contribution < -0.4 is 4.74 Å². The number of rotatable bonds is 2. The number of hydrogen-bond acceptors (Lipinski definition) is 2. The highest BCUT2D eigenvalue weighted by atomic mass is 35.5. The second-order valence-electron chi connectivity index (χ2n) is 4.62. The summed E-state index contributed by atoms with van der Waals surface area (Å²) in [5.74, 6) is -0.592. The Morgan fingerprint density at radius 2 is 1.86 bits per heavy atom. The zero-order valence-electron chi connectivity index (χ0n) is 10.7. The third-order valence-electron chi connectivity index (χ3n) is 3.22. The monoisotopic (exact) mass is 320 g/mol. The zero-order valence-corrected chi connectivity index (χ0v) is 12.2. The maximum Gasteiger partial charge on any atom is 0.335 e. The average molecular weight is 321 g/mol. The number of aliphatic carboxylic acids is 1. The Balaban J connectivity index is 2.15. The molecule has 0 amide bonds. The van der Waals surface area contributed by atoms with Gasteiger partial charge in [-0.15, -0.1) is 0 Å². The standard InChI is InChI=1S/C16H10Cl2O3/c17-11-6-10-7-12(16(19)20)14(9-4-2-1-3-5-9)21-15(10)13(18)8-11/h1-8,14H,(H,19,20). The summed E-state index contributed by atoms with van der Waals surface area (Å²) >= 11 is 12.1. The highest BCUT2D eigenvalue weighted by Gasteiger charge is 2.30. The van der Waals surface area contributed by atoms with Crippen LogP contribution in [0.25, 0.3) is 6.08 Å². The molecule has 5 heteroatoms. The van der Waals surface area contributed by atoms with Gasteiger partial charge in [-0.3, -0.25) is 0 Å². The molecule has 0 spiro atoms. The summed E-state index contributed by atoms with van der Waals surface area (Å²) < 4.78 is 5.84. The molecule has 0 aromatic heterocycles. The van der Waals surface area contributed by atoms with Gasteiger partial charge in [0, 0.05) is 10.6 Å². The van der Waals surface area contributed by atoms with Crippen molar-refractivity contribution in [3.63, 3.8) is 0 Å². The highest BCUT2D eigenvalue weighted by molar-refractivity contribution is 6.36. The van der Waals surface area contributed by atoms with E-state index in [1.165, 1.54) is 0 Å². The van der Waals surface area contributed by atoms with Gasteiger partial charge in [-0.2, -0.15) is 0 Å². The van der Waals surface area contributed by atoms with Crippen LogP contribution in [0.5, 0.6) is 5.75 Å². The van der Waals surface area contributed by atoms with Crippen LogP contribution in [-0.2, 0) is 4.79 Å². The molecule has 1 unspecified atom stereocenters. The van der Waals surface area contributed by atoms with Gasteiger partial charge >= 0.3 is 5.97 Å². The Morgan fingerprint density at radius 3 is 2.52 bits per heavy atom. The van der Waals surface area contributed by atoms with Gasteiger partial charge in [-0.1, -0.05) is 53.5 Å². The summed E-state index contributed by atoms with van der Waals surface area (Å²) in [6.07, 6.45) is 0.853. The first-order valence-electron chi connectivity index (χ1n) is 6.22. The molecule has 0 bridgehead atoms. The van der Waals surface area contributed by atoms with Crippen LogP contribution in [-0.4, -0.2) is 11.1 Å². The van der Waals surface area contributed by atoms with Gasteiger partial charge in [0.1, 0.15) is 5.75 Å². The molecule has 0 aliphatic carbocycles. The molecular formula is C16H10Cl2O3. The first kappa shape index (κ1) is 14.0. The molecule has 1 heterocycles. The van der Waals surface area contributed by atoms with Crippen molar-refractivity contribution in [2.75, 3.05) is 0 Å². The number of carboxylic acids is 1. The van der Waals surface area contributed by atoms with Gasteiger partial charge in [0.15, 0.2) is 6.10 Å². The molecule has 2 aromatic carbocycles. The molecule has 1 N–H and O–H groups in total. The van der Waals surface area contributed by atoms with Crippen molar-refractivity contribution in [1.29, 1.82) is 0 Å². The fraction of sp³-hybridized carbons (Fsp3) is 0.0625. The lowest BCUT2D eigenvalue weighted by Crippen LogP contribution is -2.20. The molecule has 3 nitrogen and oxygen atoms in total. The first-order valence-corrected chi connectivity index (χ1v) is 6.97. The predicted octanol–water partition coefficient (Wildman–Crippen LogP) is 4.60. The van der Waals surface area contributed by atoms with E-state index in [1.54, 1.807) is 18.2 Å². The smallest absolute Gasteiger partial charge is 0.335 e. The van der Waals surface area contributed by atoms with Crippen LogP contribution >= 0.6 is 23.2 Å². The quantitative estimate of drug-likeness (QED) is 0.879. The third kappa shape index (κ3) is 2.62. The van der Waals surface area contributed by atoms with Gasteiger partial charge < -0.3 is 9.84 Å². The van der Waals surface area contributed by atoms with Gasteiger partial charge in [0.2, 0.25) is 0 Å². The molecule has 0 fully saturated rings. The maximum atomic E-state index is 11.5. The van der Waals surface area contributed by atoms with Crippen LogP contribution in [0, 0.1) is 0 Å². The predicted molar refractivity (Wildman–Crippen MR) is 81.9 cm³/mol. The van der Waals surface area contributed by atoms with E-state index in [4.69, 9.17) is 27.9 Å². The van der Waals surface area contributed by atoms with Crippen LogP contribution in [0.3, 0.4) is 0 Å². The lowest BCUT2D eigenvalue weighted by Gasteiger charge is -2.26. The van der Waals surface area contributed by atoms with E-state index in [1.807, 2.05) is 30.3 Å². The Bertz CT molecular complexity index is 739. The van der Waals surface area contributed by atoms with Crippen molar-refractivity contribution in [1.82, 2.24) is 0 Å². The lowest BCUT2D eigenvalue weighted by atomic mass is 9.96. The number of halogens is 2. The summed E-state index contributed by atoms with van der Waals surface area (Å²) in [6, 6.07) is 12.4. The maximum absolute atomic E-state index is 11.5. The number of carboxylic acid groups (broad SMARTS) is 1. The van der Waals surface area contributed by atoms with E-state index in [0.717, 1.165) is 5.56 Å². The second-order valence-corrected chi connectivity index (χ2v) is 5.46. The fourth-order valence-electron chi connectivity index (χ4n) is 2.29. The summed E-state index contributed by atoms with van der Waals surface area (Å²) in [5.41, 5.74) is 1.46. The minimum absolute atomic E-state index is 0.145. The van der Waals surface area contributed by atoms with Crippen molar-refractivity contribution < 1.29 is 14.6 Å². The topological polar surface area (TPSA) is 46.5 Å². The van der Waals surface area contributed by atoms with Gasteiger partial charge in [0.25, 0.3) is 0 Å².